The van der Waals surface area contributed by atoms with E-state index in [1.165, 1.54) is 17.2 Å². The first-order valence-electron chi connectivity index (χ1n) is 8.34. The normalized spacial score (nSPS) is 10.8. The van der Waals surface area contributed by atoms with E-state index in [0.29, 0.717) is 0 Å². The number of aryl methyl sites for hydroxylation is 3. The summed E-state index contributed by atoms with van der Waals surface area (Å²) in [6, 6.07) is 8.19. The maximum absolute atomic E-state index is 11.6. The van der Waals surface area contributed by atoms with Gasteiger partial charge in [0.25, 0.3) is 0 Å². The average molecular weight is 352 g/mol. The SMILES string of the molecule is C=CCNC(=O)C(=O)N/N=C\c1cc(C)n(-c2c(C)cccc2C)c1C. The largest absolute Gasteiger partial charge is 0.344 e. The molecule has 2 aromatic rings. The first-order valence-corrected chi connectivity index (χ1v) is 8.34. The molecule has 2 N–H and O–H groups in total. The molecule has 0 aliphatic carbocycles. The molecule has 0 fully saturated rings. The molecule has 0 spiro atoms. The van der Waals surface area contributed by atoms with Gasteiger partial charge >= 0.3 is 11.8 Å². The monoisotopic (exact) mass is 352 g/mol. The molecule has 0 atom stereocenters. The lowest BCUT2D eigenvalue weighted by molar-refractivity contribution is -0.139. The molecule has 0 radical (unpaired) electrons. The maximum atomic E-state index is 11.6. The van der Waals surface area contributed by atoms with Crippen LogP contribution in [0.2, 0.25) is 0 Å². The molecule has 2 rings (SSSR count). The standard InChI is InChI=1S/C20H24N4O2/c1-6-10-21-19(25)20(26)23-22-12-17-11-15(4)24(16(17)5)18-13(2)8-7-9-14(18)3/h6-9,11-12H,1,10H2,2-5H3,(H,21,25)(H,23,26)/b22-12-. The summed E-state index contributed by atoms with van der Waals surface area (Å²) in [6.07, 6.45) is 3.04. The van der Waals surface area contributed by atoms with E-state index in [4.69, 9.17) is 0 Å². The van der Waals surface area contributed by atoms with Crippen molar-refractivity contribution in [1.82, 2.24) is 15.3 Å². The fraction of sp³-hybridized carbons (Fsp3) is 0.250. The van der Waals surface area contributed by atoms with Crippen molar-refractivity contribution in [2.45, 2.75) is 27.7 Å². The van der Waals surface area contributed by atoms with Crippen LogP contribution in [-0.2, 0) is 9.59 Å². The zero-order valence-electron chi connectivity index (χ0n) is 15.6. The Kier molecular flexibility index (Phi) is 6.11. The molecule has 1 heterocycles. The predicted octanol–water partition coefficient (Wildman–Crippen LogP) is 2.46. The minimum absolute atomic E-state index is 0.229. The van der Waals surface area contributed by atoms with Crippen molar-refractivity contribution in [3.8, 4) is 5.69 Å². The second kappa shape index (κ2) is 8.29. The molecule has 0 unspecified atom stereocenters. The van der Waals surface area contributed by atoms with Gasteiger partial charge in [-0.1, -0.05) is 24.3 Å². The first-order chi connectivity index (χ1) is 12.4. The van der Waals surface area contributed by atoms with Gasteiger partial charge in [0.05, 0.1) is 11.9 Å². The second-order valence-electron chi connectivity index (χ2n) is 6.10. The van der Waals surface area contributed by atoms with Crippen molar-refractivity contribution in [3.63, 3.8) is 0 Å². The Balaban J connectivity index is 2.22. The van der Waals surface area contributed by atoms with Gasteiger partial charge in [-0.2, -0.15) is 5.10 Å². The van der Waals surface area contributed by atoms with Gasteiger partial charge in [0, 0.05) is 23.5 Å². The summed E-state index contributed by atoms with van der Waals surface area (Å²) in [5.74, 6) is -1.56. The molecule has 0 aliphatic heterocycles. The molecule has 6 nitrogen and oxygen atoms in total. The van der Waals surface area contributed by atoms with E-state index in [-0.39, 0.29) is 6.54 Å². The molecule has 6 heteroatoms. The smallest absolute Gasteiger partial charge is 0.329 e. The predicted molar refractivity (Wildman–Crippen MR) is 104 cm³/mol. The van der Waals surface area contributed by atoms with Gasteiger partial charge in [-0.3, -0.25) is 9.59 Å². The van der Waals surface area contributed by atoms with E-state index in [1.807, 2.05) is 26.0 Å². The number of para-hydroxylation sites is 1. The summed E-state index contributed by atoms with van der Waals surface area (Å²) in [7, 11) is 0. The topological polar surface area (TPSA) is 75.5 Å². The Bertz CT molecular complexity index is 858. The molecule has 1 aromatic heterocycles. The highest BCUT2D eigenvalue weighted by atomic mass is 16.2. The molecule has 1 aromatic carbocycles. The lowest BCUT2D eigenvalue weighted by Crippen LogP contribution is -2.37. The van der Waals surface area contributed by atoms with Gasteiger partial charge in [0.2, 0.25) is 0 Å². The van der Waals surface area contributed by atoms with E-state index in [9.17, 15) is 9.59 Å². The molecule has 0 bridgehead atoms. The Hall–Kier alpha value is -3.15. The fourth-order valence-corrected chi connectivity index (χ4v) is 2.88. The number of hydrazone groups is 1. The highest BCUT2D eigenvalue weighted by Gasteiger charge is 2.14. The van der Waals surface area contributed by atoms with Crippen LogP contribution in [0, 0.1) is 27.7 Å². The Morgan fingerprint density at radius 2 is 1.81 bits per heavy atom. The number of rotatable bonds is 5. The molecule has 26 heavy (non-hydrogen) atoms. The molecular weight excluding hydrogens is 328 g/mol. The van der Waals surface area contributed by atoms with Gasteiger partial charge in [0.15, 0.2) is 0 Å². The highest BCUT2D eigenvalue weighted by molar-refractivity contribution is 6.35. The van der Waals surface area contributed by atoms with Gasteiger partial charge in [-0.05, 0) is 44.9 Å². The highest BCUT2D eigenvalue weighted by Crippen LogP contribution is 2.25. The molecule has 136 valence electrons. The summed E-state index contributed by atoms with van der Waals surface area (Å²) in [6.45, 7) is 11.9. The van der Waals surface area contributed by atoms with Crippen LogP contribution in [0.3, 0.4) is 0 Å². The van der Waals surface area contributed by atoms with Crippen LogP contribution in [-0.4, -0.2) is 29.1 Å². The van der Waals surface area contributed by atoms with E-state index >= 15 is 0 Å². The van der Waals surface area contributed by atoms with Gasteiger partial charge in [-0.25, -0.2) is 5.43 Å². The van der Waals surface area contributed by atoms with E-state index in [0.717, 1.165) is 22.6 Å². The second-order valence-corrected chi connectivity index (χ2v) is 6.10. The summed E-state index contributed by atoms with van der Waals surface area (Å²) in [5.41, 5.74) is 8.69. The summed E-state index contributed by atoms with van der Waals surface area (Å²) in [5, 5.41) is 6.29. The van der Waals surface area contributed by atoms with Crippen LogP contribution in [0.1, 0.15) is 28.1 Å². The number of carbonyl (C=O) groups is 2. The van der Waals surface area contributed by atoms with Crippen LogP contribution in [0.15, 0.2) is 42.0 Å². The quantitative estimate of drug-likeness (QED) is 0.375. The first kappa shape index (κ1) is 19.2. The van der Waals surface area contributed by atoms with Crippen LogP contribution >= 0.6 is 0 Å². The zero-order chi connectivity index (χ0) is 19.3. The van der Waals surface area contributed by atoms with E-state index in [1.54, 1.807) is 6.21 Å². The minimum atomic E-state index is -0.813. The average Bonchev–Trinajstić information content (AvgIpc) is 2.87. The number of aromatic nitrogens is 1. The van der Waals surface area contributed by atoms with Crippen LogP contribution in [0.4, 0.5) is 0 Å². The molecule has 0 saturated heterocycles. The fourth-order valence-electron chi connectivity index (χ4n) is 2.88. The number of amides is 2. The number of nitrogens with one attached hydrogen (secondary N) is 2. The van der Waals surface area contributed by atoms with Crippen LogP contribution in [0.5, 0.6) is 0 Å². The van der Waals surface area contributed by atoms with Crippen LogP contribution in [0.25, 0.3) is 5.69 Å². The number of hydrogen-bond donors (Lipinski definition) is 2. The third-order valence-electron chi connectivity index (χ3n) is 4.12. The minimum Gasteiger partial charge on any atom is -0.344 e. The molecular formula is C20H24N4O2. The van der Waals surface area contributed by atoms with Crippen molar-refractivity contribution in [1.29, 1.82) is 0 Å². The van der Waals surface area contributed by atoms with Gasteiger partial charge in [0.1, 0.15) is 0 Å². The van der Waals surface area contributed by atoms with Crippen molar-refractivity contribution in [2.75, 3.05) is 6.54 Å². The summed E-state index contributed by atoms with van der Waals surface area (Å²) >= 11 is 0. The zero-order valence-corrected chi connectivity index (χ0v) is 15.6. The maximum Gasteiger partial charge on any atom is 0.329 e. The number of hydrogen-bond acceptors (Lipinski definition) is 3. The van der Waals surface area contributed by atoms with E-state index in [2.05, 4.69) is 53.0 Å². The Labute approximate surface area is 153 Å². The van der Waals surface area contributed by atoms with Crippen molar-refractivity contribution < 1.29 is 9.59 Å². The van der Waals surface area contributed by atoms with Crippen LogP contribution < -0.4 is 10.7 Å². The lowest BCUT2D eigenvalue weighted by Gasteiger charge is -2.15. The van der Waals surface area contributed by atoms with Gasteiger partial charge in [-0.15, -0.1) is 6.58 Å². The number of nitrogens with zero attached hydrogens (tertiary/aromatic N) is 2. The molecule has 0 aliphatic rings. The van der Waals surface area contributed by atoms with Crippen molar-refractivity contribution in [3.05, 3.63) is 65.0 Å². The molecule has 2 amide bonds. The van der Waals surface area contributed by atoms with Crippen molar-refractivity contribution >= 4 is 18.0 Å². The Morgan fingerprint density at radius 1 is 1.15 bits per heavy atom. The molecule has 0 saturated carbocycles. The third kappa shape index (κ3) is 4.08. The third-order valence-corrected chi connectivity index (χ3v) is 4.12. The van der Waals surface area contributed by atoms with E-state index < -0.39 is 11.8 Å². The number of carbonyl (C=O) groups excluding carboxylic acids is 2. The lowest BCUT2D eigenvalue weighted by atomic mass is 10.1. The Morgan fingerprint density at radius 3 is 2.42 bits per heavy atom. The van der Waals surface area contributed by atoms with Gasteiger partial charge < -0.3 is 9.88 Å². The summed E-state index contributed by atoms with van der Waals surface area (Å²) < 4.78 is 2.17. The summed E-state index contributed by atoms with van der Waals surface area (Å²) in [4.78, 5) is 23.1. The van der Waals surface area contributed by atoms with Crippen molar-refractivity contribution in [2.24, 2.45) is 5.10 Å². The number of benzene rings is 1.